The molecule has 1 N–H and O–H groups in total. The van der Waals surface area contributed by atoms with Gasteiger partial charge in [0.05, 0.1) is 11.2 Å². The van der Waals surface area contributed by atoms with Gasteiger partial charge in [0.15, 0.2) is 0 Å². The van der Waals surface area contributed by atoms with Gasteiger partial charge in [0, 0.05) is 30.7 Å². The molecule has 2 aliphatic rings. The summed E-state index contributed by atoms with van der Waals surface area (Å²) in [5.74, 6) is 2.37. The largest absolute Gasteiger partial charge is 0.352 e. The third-order valence-corrected chi connectivity index (χ3v) is 6.65. The van der Waals surface area contributed by atoms with E-state index >= 15 is 0 Å². The highest BCUT2D eigenvalue weighted by molar-refractivity contribution is 7.10. The topological polar surface area (TPSA) is 57.2 Å². The monoisotopic (exact) mass is 406 g/mol. The number of hydrogen-bond acceptors (Lipinski definition) is 7. The first-order chi connectivity index (χ1) is 13.1. The maximum Gasteiger partial charge on any atom is 0.229 e. The van der Waals surface area contributed by atoms with E-state index in [1.807, 2.05) is 19.2 Å². The Kier molecular flexibility index (Phi) is 5.53. The molecule has 2 fully saturated rings. The van der Waals surface area contributed by atoms with Crippen molar-refractivity contribution in [3.8, 4) is 0 Å². The number of likely N-dealkylation sites (tertiary alicyclic amines) is 1. The highest BCUT2D eigenvalue weighted by Crippen LogP contribution is 2.37. The first-order valence-corrected chi connectivity index (χ1v) is 11.0. The Morgan fingerprint density at radius 1 is 1.22 bits per heavy atom. The first-order valence-electron chi connectivity index (χ1n) is 9.70. The predicted molar refractivity (Wildman–Crippen MR) is 113 cm³/mol. The van der Waals surface area contributed by atoms with Crippen LogP contribution in [-0.4, -0.2) is 56.8 Å². The van der Waals surface area contributed by atoms with E-state index in [1.54, 1.807) is 0 Å². The number of piperidine rings is 1. The van der Waals surface area contributed by atoms with Crippen LogP contribution in [0.1, 0.15) is 36.9 Å². The fourth-order valence-corrected chi connectivity index (χ4v) is 5.23. The number of rotatable bonds is 6. The number of aryl methyl sites for hydroxylation is 2. The van der Waals surface area contributed by atoms with E-state index in [0.29, 0.717) is 11.8 Å². The van der Waals surface area contributed by atoms with Gasteiger partial charge < -0.3 is 10.2 Å². The minimum absolute atomic E-state index is 0.210. The van der Waals surface area contributed by atoms with Crippen LogP contribution in [0.15, 0.2) is 12.3 Å². The number of nitrogens with zero attached hydrogens (tertiary/aromatic N) is 5. The van der Waals surface area contributed by atoms with E-state index in [0.717, 1.165) is 41.6 Å². The Morgan fingerprint density at radius 2 is 2.00 bits per heavy atom. The van der Waals surface area contributed by atoms with Crippen molar-refractivity contribution in [1.29, 1.82) is 0 Å². The zero-order chi connectivity index (χ0) is 18.9. The Balaban J connectivity index is 1.49. The zero-order valence-corrected chi connectivity index (χ0v) is 17.6. The zero-order valence-electron chi connectivity index (χ0n) is 16.0. The summed E-state index contributed by atoms with van der Waals surface area (Å²) in [6, 6.07) is 2.01. The van der Waals surface area contributed by atoms with Crippen molar-refractivity contribution in [2.24, 2.45) is 0 Å². The van der Waals surface area contributed by atoms with Crippen LogP contribution in [0.4, 0.5) is 16.8 Å². The van der Waals surface area contributed by atoms with Gasteiger partial charge >= 0.3 is 0 Å². The lowest BCUT2D eigenvalue weighted by Crippen LogP contribution is -2.71. The lowest BCUT2D eigenvalue weighted by molar-refractivity contribution is 0.0377. The Labute approximate surface area is 170 Å². The molecule has 0 aliphatic carbocycles. The molecule has 0 spiro atoms. The van der Waals surface area contributed by atoms with E-state index in [2.05, 4.69) is 31.4 Å². The Hall–Kier alpha value is -1.44. The molecule has 2 aromatic heterocycles. The summed E-state index contributed by atoms with van der Waals surface area (Å²) in [4.78, 5) is 14.3. The molecular weight excluding hydrogens is 380 g/mol. The molecule has 2 aliphatic heterocycles. The maximum absolute atomic E-state index is 6.17. The molecule has 8 heteroatoms. The summed E-state index contributed by atoms with van der Waals surface area (Å²) in [5, 5.41) is 4.25. The molecule has 6 nitrogen and oxygen atoms in total. The van der Waals surface area contributed by atoms with E-state index < -0.39 is 0 Å². The average Bonchev–Trinajstić information content (AvgIpc) is 3.05. The van der Waals surface area contributed by atoms with Gasteiger partial charge in [-0.25, -0.2) is 4.98 Å². The SMILES string of the molecule is Cc1cc(Nc2ncc(C)c(N3CC(CCCl)(N4CCCCC4)C3)n2)sn1. The van der Waals surface area contributed by atoms with Crippen LogP contribution in [-0.2, 0) is 0 Å². The summed E-state index contributed by atoms with van der Waals surface area (Å²) in [7, 11) is 0. The molecule has 0 bridgehead atoms. The molecule has 0 radical (unpaired) electrons. The van der Waals surface area contributed by atoms with Crippen LogP contribution < -0.4 is 10.2 Å². The van der Waals surface area contributed by atoms with Gasteiger partial charge in [-0.05, 0) is 63.8 Å². The van der Waals surface area contributed by atoms with Gasteiger partial charge in [-0.2, -0.15) is 9.36 Å². The lowest BCUT2D eigenvalue weighted by Gasteiger charge is -2.57. The van der Waals surface area contributed by atoms with Crippen molar-refractivity contribution >= 4 is 39.9 Å². The highest BCUT2D eigenvalue weighted by Gasteiger charge is 2.47. The quantitative estimate of drug-likeness (QED) is 0.732. The Morgan fingerprint density at radius 3 is 2.67 bits per heavy atom. The fraction of sp³-hybridized carbons (Fsp3) is 0.632. The van der Waals surface area contributed by atoms with Gasteiger partial charge in [-0.1, -0.05) is 6.42 Å². The second kappa shape index (κ2) is 7.89. The molecule has 2 aromatic rings. The van der Waals surface area contributed by atoms with Crippen molar-refractivity contribution in [3.63, 3.8) is 0 Å². The van der Waals surface area contributed by atoms with Gasteiger partial charge in [-0.15, -0.1) is 11.6 Å². The molecule has 0 saturated carbocycles. The minimum Gasteiger partial charge on any atom is -0.352 e. The summed E-state index contributed by atoms with van der Waals surface area (Å²) in [6.07, 6.45) is 6.91. The number of hydrogen-bond donors (Lipinski definition) is 1. The van der Waals surface area contributed by atoms with E-state index in [-0.39, 0.29) is 5.54 Å². The predicted octanol–water partition coefficient (Wildman–Crippen LogP) is 3.97. The van der Waals surface area contributed by atoms with Crippen LogP contribution >= 0.6 is 23.1 Å². The van der Waals surface area contributed by atoms with Crippen molar-refractivity contribution in [3.05, 3.63) is 23.5 Å². The van der Waals surface area contributed by atoms with Crippen molar-refractivity contribution in [2.75, 3.05) is 42.3 Å². The molecule has 0 aromatic carbocycles. The normalized spacial score (nSPS) is 19.7. The van der Waals surface area contributed by atoms with E-state index in [1.165, 1.54) is 43.9 Å². The van der Waals surface area contributed by atoms with Gasteiger partial charge in [0.25, 0.3) is 0 Å². The van der Waals surface area contributed by atoms with Gasteiger partial charge in [0.1, 0.15) is 10.8 Å². The van der Waals surface area contributed by atoms with E-state index in [4.69, 9.17) is 16.6 Å². The number of anilines is 3. The van der Waals surface area contributed by atoms with Crippen LogP contribution in [0.5, 0.6) is 0 Å². The second-order valence-electron chi connectivity index (χ2n) is 7.72. The summed E-state index contributed by atoms with van der Waals surface area (Å²) in [6.45, 7) is 8.46. The molecule has 0 amide bonds. The molecule has 0 atom stereocenters. The second-order valence-corrected chi connectivity index (χ2v) is 8.91. The molecule has 4 rings (SSSR count). The van der Waals surface area contributed by atoms with Crippen molar-refractivity contribution < 1.29 is 0 Å². The molecule has 2 saturated heterocycles. The van der Waals surface area contributed by atoms with Gasteiger partial charge in [0.2, 0.25) is 5.95 Å². The number of nitrogens with one attached hydrogen (secondary N) is 1. The molecular formula is C19H27ClN6S. The van der Waals surface area contributed by atoms with Crippen LogP contribution in [0, 0.1) is 13.8 Å². The molecule has 146 valence electrons. The standard InChI is InChI=1S/C19H27ClN6S/c1-14-11-21-18(22-16-10-15(2)24-27-16)23-17(14)25-12-19(13-25,6-7-20)26-8-4-3-5-9-26/h10-11H,3-9,12-13H2,1-2H3,(H,21,22,23). The summed E-state index contributed by atoms with van der Waals surface area (Å²) < 4.78 is 4.30. The smallest absolute Gasteiger partial charge is 0.229 e. The first kappa shape index (κ1) is 18.9. The summed E-state index contributed by atoms with van der Waals surface area (Å²) >= 11 is 7.61. The number of alkyl halides is 1. The number of aromatic nitrogens is 3. The van der Waals surface area contributed by atoms with E-state index in [9.17, 15) is 0 Å². The van der Waals surface area contributed by atoms with Crippen LogP contribution in [0.3, 0.4) is 0 Å². The van der Waals surface area contributed by atoms with Crippen LogP contribution in [0.25, 0.3) is 0 Å². The highest BCUT2D eigenvalue weighted by atomic mass is 35.5. The van der Waals surface area contributed by atoms with Crippen molar-refractivity contribution in [1.82, 2.24) is 19.2 Å². The lowest BCUT2D eigenvalue weighted by atomic mass is 9.83. The van der Waals surface area contributed by atoms with Crippen molar-refractivity contribution in [2.45, 2.75) is 45.1 Å². The third kappa shape index (κ3) is 3.91. The fourth-order valence-electron chi connectivity index (χ4n) is 4.22. The number of halogens is 1. The average molecular weight is 407 g/mol. The summed E-state index contributed by atoms with van der Waals surface area (Å²) in [5.41, 5.74) is 2.33. The van der Waals surface area contributed by atoms with Crippen LogP contribution in [0.2, 0.25) is 0 Å². The molecule has 27 heavy (non-hydrogen) atoms. The minimum atomic E-state index is 0.210. The van der Waals surface area contributed by atoms with Gasteiger partial charge in [-0.3, -0.25) is 4.90 Å². The molecule has 4 heterocycles. The Bertz CT molecular complexity index is 782. The maximum atomic E-state index is 6.17. The third-order valence-electron chi connectivity index (χ3n) is 5.66. The molecule has 0 unspecified atom stereocenters.